The van der Waals surface area contributed by atoms with Gasteiger partial charge in [0.15, 0.2) is 0 Å². The SMILES string of the molecule is COCCOCCNc1ccc(N)cc1I. The molecule has 0 bridgehead atoms. The van der Waals surface area contributed by atoms with Crippen molar-refractivity contribution in [2.24, 2.45) is 0 Å². The Bertz CT molecular complexity index is 321. The standard InChI is InChI=1S/C11H17IN2O2/c1-15-6-7-16-5-4-14-11-3-2-9(13)8-10(11)12/h2-3,8,14H,4-7,13H2,1H3. The van der Waals surface area contributed by atoms with E-state index in [1.54, 1.807) is 7.11 Å². The highest BCUT2D eigenvalue weighted by Gasteiger charge is 1.98. The predicted molar refractivity (Wildman–Crippen MR) is 74.8 cm³/mol. The Morgan fingerprint density at radius 2 is 2.12 bits per heavy atom. The highest BCUT2D eigenvalue weighted by molar-refractivity contribution is 14.1. The van der Waals surface area contributed by atoms with Crippen LogP contribution >= 0.6 is 22.6 Å². The fourth-order valence-electron chi connectivity index (χ4n) is 1.18. The van der Waals surface area contributed by atoms with Gasteiger partial charge in [-0.1, -0.05) is 0 Å². The molecule has 0 saturated carbocycles. The molecular weight excluding hydrogens is 319 g/mol. The van der Waals surface area contributed by atoms with Crippen LogP contribution in [0.3, 0.4) is 0 Å². The maximum absolute atomic E-state index is 5.67. The molecule has 0 heterocycles. The molecule has 4 nitrogen and oxygen atoms in total. The Labute approximate surface area is 110 Å². The maximum Gasteiger partial charge on any atom is 0.0701 e. The first-order chi connectivity index (χ1) is 7.74. The van der Waals surface area contributed by atoms with Gasteiger partial charge in [-0.15, -0.1) is 0 Å². The molecule has 0 unspecified atom stereocenters. The molecule has 0 atom stereocenters. The van der Waals surface area contributed by atoms with E-state index in [-0.39, 0.29) is 0 Å². The van der Waals surface area contributed by atoms with Gasteiger partial charge >= 0.3 is 0 Å². The summed E-state index contributed by atoms with van der Waals surface area (Å²) in [7, 11) is 1.67. The van der Waals surface area contributed by atoms with Crippen molar-refractivity contribution in [2.75, 3.05) is 44.5 Å². The third kappa shape index (κ3) is 5.00. The minimum absolute atomic E-state index is 0.636. The zero-order chi connectivity index (χ0) is 11.8. The Kier molecular flexibility index (Phi) is 6.51. The molecule has 90 valence electrons. The summed E-state index contributed by atoms with van der Waals surface area (Å²) in [5.74, 6) is 0. The first kappa shape index (κ1) is 13.5. The molecule has 0 aliphatic rings. The summed E-state index contributed by atoms with van der Waals surface area (Å²) < 4.78 is 11.3. The number of hydrogen-bond acceptors (Lipinski definition) is 4. The van der Waals surface area contributed by atoms with E-state index in [4.69, 9.17) is 15.2 Å². The number of anilines is 2. The molecule has 0 saturated heterocycles. The van der Waals surface area contributed by atoms with E-state index in [1.807, 2.05) is 18.2 Å². The average Bonchev–Trinajstić information content (AvgIpc) is 2.26. The van der Waals surface area contributed by atoms with Crippen LogP contribution in [0.2, 0.25) is 0 Å². The van der Waals surface area contributed by atoms with E-state index in [1.165, 1.54) is 0 Å². The quantitative estimate of drug-likeness (QED) is 0.454. The molecule has 0 spiro atoms. The van der Waals surface area contributed by atoms with Gasteiger partial charge in [0.1, 0.15) is 0 Å². The predicted octanol–water partition coefficient (Wildman–Crippen LogP) is 1.95. The topological polar surface area (TPSA) is 56.5 Å². The zero-order valence-corrected chi connectivity index (χ0v) is 11.5. The lowest BCUT2D eigenvalue weighted by atomic mass is 10.3. The number of nitrogens with one attached hydrogen (secondary N) is 1. The number of nitrogens with two attached hydrogens (primary N) is 1. The van der Waals surface area contributed by atoms with Gasteiger partial charge in [0.05, 0.1) is 19.8 Å². The Morgan fingerprint density at radius 3 is 2.81 bits per heavy atom. The molecule has 3 N–H and O–H groups in total. The van der Waals surface area contributed by atoms with E-state index in [2.05, 4.69) is 27.9 Å². The van der Waals surface area contributed by atoms with Crippen molar-refractivity contribution in [3.05, 3.63) is 21.8 Å². The third-order valence-corrected chi connectivity index (χ3v) is 2.88. The van der Waals surface area contributed by atoms with Crippen LogP contribution in [0.5, 0.6) is 0 Å². The lowest BCUT2D eigenvalue weighted by Gasteiger charge is -2.09. The first-order valence-electron chi connectivity index (χ1n) is 5.09. The minimum Gasteiger partial charge on any atom is -0.399 e. The molecule has 1 aromatic rings. The van der Waals surface area contributed by atoms with Gasteiger partial charge in [0.2, 0.25) is 0 Å². The van der Waals surface area contributed by atoms with Crippen LogP contribution in [0, 0.1) is 3.57 Å². The van der Waals surface area contributed by atoms with Crippen LogP contribution in [-0.4, -0.2) is 33.5 Å². The molecule has 16 heavy (non-hydrogen) atoms. The van der Waals surface area contributed by atoms with Gasteiger partial charge < -0.3 is 20.5 Å². The molecule has 0 aliphatic heterocycles. The second-order valence-corrected chi connectivity index (χ2v) is 4.43. The van der Waals surface area contributed by atoms with Crippen molar-refractivity contribution in [3.63, 3.8) is 0 Å². The fourth-order valence-corrected chi connectivity index (χ4v) is 1.91. The molecular formula is C11H17IN2O2. The Morgan fingerprint density at radius 1 is 1.31 bits per heavy atom. The zero-order valence-electron chi connectivity index (χ0n) is 9.33. The number of nitrogen functional groups attached to an aromatic ring is 1. The lowest BCUT2D eigenvalue weighted by Crippen LogP contribution is -2.12. The van der Waals surface area contributed by atoms with Gasteiger partial charge in [-0.25, -0.2) is 0 Å². The van der Waals surface area contributed by atoms with Crippen molar-refractivity contribution in [2.45, 2.75) is 0 Å². The Hall–Kier alpha value is -0.530. The number of benzene rings is 1. The van der Waals surface area contributed by atoms with E-state index in [0.717, 1.165) is 21.5 Å². The van der Waals surface area contributed by atoms with Crippen LogP contribution in [0.4, 0.5) is 11.4 Å². The number of rotatable bonds is 7. The largest absolute Gasteiger partial charge is 0.399 e. The van der Waals surface area contributed by atoms with Crippen molar-refractivity contribution < 1.29 is 9.47 Å². The molecule has 0 fully saturated rings. The normalized spacial score (nSPS) is 10.4. The van der Waals surface area contributed by atoms with Crippen molar-refractivity contribution in [1.82, 2.24) is 0 Å². The monoisotopic (exact) mass is 336 g/mol. The van der Waals surface area contributed by atoms with Gasteiger partial charge in [-0.05, 0) is 40.8 Å². The van der Waals surface area contributed by atoms with E-state index in [0.29, 0.717) is 19.8 Å². The van der Waals surface area contributed by atoms with Gasteiger partial charge in [-0.2, -0.15) is 0 Å². The number of methoxy groups -OCH3 is 1. The fraction of sp³-hybridized carbons (Fsp3) is 0.455. The summed E-state index contributed by atoms with van der Waals surface area (Å²) >= 11 is 2.26. The molecule has 5 heteroatoms. The second-order valence-electron chi connectivity index (χ2n) is 3.27. The van der Waals surface area contributed by atoms with E-state index >= 15 is 0 Å². The van der Waals surface area contributed by atoms with Crippen molar-refractivity contribution >= 4 is 34.0 Å². The average molecular weight is 336 g/mol. The molecule has 0 radical (unpaired) electrons. The van der Waals surface area contributed by atoms with Crippen LogP contribution in [0.15, 0.2) is 18.2 Å². The lowest BCUT2D eigenvalue weighted by molar-refractivity contribution is 0.0759. The van der Waals surface area contributed by atoms with Crippen LogP contribution in [0.25, 0.3) is 0 Å². The van der Waals surface area contributed by atoms with Gasteiger partial charge in [0.25, 0.3) is 0 Å². The smallest absolute Gasteiger partial charge is 0.0701 e. The summed E-state index contributed by atoms with van der Waals surface area (Å²) in [6, 6.07) is 5.80. The Balaban J connectivity index is 2.21. The third-order valence-electron chi connectivity index (χ3n) is 1.99. The molecule has 0 aromatic heterocycles. The summed E-state index contributed by atoms with van der Waals surface area (Å²) in [6.45, 7) is 2.73. The second kappa shape index (κ2) is 7.70. The first-order valence-corrected chi connectivity index (χ1v) is 6.17. The van der Waals surface area contributed by atoms with Crippen LogP contribution < -0.4 is 11.1 Å². The van der Waals surface area contributed by atoms with E-state index in [9.17, 15) is 0 Å². The van der Waals surface area contributed by atoms with Crippen molar-refractivity contribution in [1.29, 1.82) is 0 Å². The van der Waals surface area contributed by atoms with Gasteiger partial charge in [0, 0.05) is 28.6 Å². The highest BCUT2D eigenvalue weighted by Crippen LogP contribution is 2.20. The summed E-state index contributed by atoms with van der Waals surface area (Å²) in [4.78, 5) is 0. The summed E-state index contributed by atoms with van der Waals surface area (Å²) in [5, 5.41) is 3.29. The summed E-state index contributed by atoms with van der Waals surface area (Å²) in [5.41, 5.74) is 7.54. The summed E-state index contributed by atoms with van der Waals surface area (Å²) in [6.07, 6.45) is 0. The number of ether oxygens (including phenoxy) is 2. The van der Waals surface area contributed by atoms with Gasteiger partial charge in [-0.3, -0.25) is 0 Å². The van der Waals surface area contributed by atoms with Crippen LogP contribution in [0.1, 0.15) is 0 Å². The molecule has 0 aliphatic carbocycles. The molecule has 1 rings (SSSR count). The number of hydrogen-bond donors (Lipinski definition) is 2. The minimum atomic E-state index is 0.636. The highest BCUT2D eigenvalue weighted by atomic mass is 127. The number of halogens is 1. The maximum atomic E-state index is 5.67. The molecule has 1 aromatic carbocycles. The van der Waals surface area contributed by atoms with Crippen molar-refractivity contribution in [3.8, 4) is 0 Å². The van der Waals surface area contributed by atoms with E-state index < -0.39 is 0 Å². The van der Waals surface area contributed by atoms with Crippen LogP contribution in [-0.2, 0) is 9.47 Å². The molecule has 0 amide bonds.